The van der Waals surface area contributed by atoms with Crippen molar-refractivity contribution in [2.45, 2.75) is 42.2 Å². The Morgan fingerprint density at radius 3 is 2.80 bits per heavy atom. The van der Waals surface area contributed by atoms with Crippen LogP contribution < -0.4 is 9.47 Å². The minimum absolute atomic E-state index is 0.169. The van der Waals surface area contributed by atoms with Gasteiger partial charge >= 0.3 is 0 Å². The smallest absolute Gasteiger partial charge is 0.257 e. The summed E-state index contributed by atoms with van der Waals surface area (Å²) >= 11 is 1.43. The van der Waals surface area contributed by atoms with Crippen molar-refractivity contribution in [2.24, 2.45) is 0 Å². The first-order valence-electron chi connectivity index (χ1n) is 9.69. The van der Waals surface area contributed by atoms with Gasteiger partial charge in [0, 0.05) is 37.4 Å². The molecule has 30 heavy (non-hydrogen) atoms. The predicted octanol–water partition coefficient (Wildman–Crippen LogP) is 4.09. The Balaban J connectivity index is 1.57. The van der Waals surface area contributed by atoms with Gasteiger partial charge in [0.1, 0.15) is 23.1 Å². The molecule has 0 bridgehead atoms. The van der Waals surface area contributed by atoms with Gasteiger partial charge in [0.15, 0.2) is 5.58 Å². The van der Waals surface area contributed by atoms with Crippen LogP contribution in [0.1, 0.15) is 25.0 Å². The van der Waals surface area contributed by atoms with Crippen LogP contribution in [-0.4, -0.2) is 44.5 Å². The molecule has 0 saturated heterocycles. The van der Waals surface area contributed by atoms with Crippen molar-refractivity contribution >= 4 is 32.9 Å². The number of fused-ring (bicyclic) bond motifs is 2. The van der Waals surface area contributed by atoms with Crippen molar-refractivity contribution in [1.29, 1.82) is 0 Å². The highest BCUT2D eigenvalue weighted by molar-refractivity contribution is 7.98. The van der Waals surface area contributed by atoms with Gasteiger partial charge in [0.05, 0.1) is 11.5 Å². The number of ether oxygens (including phenoxy) is 2. The van der Waals surface area contributed by atoms with Crippen LogP contribution in [-0.2, 0) is 22.2 Å². The van der Waals surface area contributed by atoms with Crippen molar-refractivity contribution in [2.75, 3.05) is 20.7 Å². The summed E-state index contributed by atoms with van der Waals surface area (Å²) in [6.07, 6.45) is 1.05. The first-order valence-corrected chi connectivity index (χ1v) is 12.1. The summed E-state index contributed by atoms with van der Waals surface area (Å²) in [5, 5.41) is 0.474. The average Bonchev–Trinajstić information content (AvgIpc) is 3.27. The van der Waals surface area contributed by atoms with Crippen molar-refractivity contribution in [3.63, 3.8) is 0 Å². The third-order valence-corrected chi connectivity index (χ3v) is 7.54. The van der Waals surface area contributed by atoms with E-state index in [0.29, 0.717) is 28.7 Å². The molecule has 1 aliphatic rings. The lowest BCUT2D eigenvalue weighted by atomic mass is 10.1. The Hall–Kier alpha value is -2.23. The molecule has 4 rings (SSSR count). The van der Waals surface area contributed by atoms with E-state index >= 15 is 0 Å². The molecule has 160 valence electrons. The summed E-state index contributed by atoms with van der Waals surface area (Å²) < 4.78 is 43.4. The molecule has 0 N–H and O–H groups in total. The van der Waals surface area contributed by atoms with E-state index in [4.69, 9.17) is 13.9 Å². The number of aromatic nitrogens is 1. The molecular weight excluding hydrogens is 424 g/mol. The molecule has 1 atom stereocenters. The Morgan fingerprint density at radius 2 is 2.07 bits per heavy atom. The van der Waals surface area contributed by atoms with Gasteiger partial charge < -0.3 is 13.9 Å². The summed E-state index contributed by atoms with van der Waals surface area (Å²) in [7, 11) is -0.521. The van der Waals surface area contributed by atoms with Crippen LogP contribution in [0.2, 0.25) is 0 Å². The number of hydrogen-bond donors (Lipinski definition) is 0. The maximum absolute atomic E-state index is 12.3. The van der Waals surface area contributed by atoms with E-state index < -0.39 is 10.0 Å². The molecule has 0 spiro atoms. The molecule has 1 unspecified atom stereocenters. The van der Waals surface area contributed by atoms with Gasteiger partial charge in [0.25, 0.3) is 5.22 Å². The monoisotopic (exact) mass is 448 g/mol. The molecule has 1 aliphatic heterocycles. The maximum Gasteiger partial charge on any atom is 0.257 e. The van der Waals surface area contributed by atoms with Gasteiger partial charge in [-0.3, -0.25) is 0 Å². The summed E-state index contributed by atoms with van der Waals surface area (Å²) in [6.45, 7) is 4.60. The third-order valence-electron chi connectivity index (χ3n) is 4.85. The summed E-state index contributed by atoms with van der Waals surface area (Å²) in [5.41, 5.74) is 3.23. The molecule has 0 amide bonds. The highest BCUT2D eigenvalue weighted by Crippen LogP contribution is 2.38. The Kier molecular flexibility index (Phi) is 5.69. The zero-order valence-electron chi connectivity index (χ0n) is 17.3. The van der Waals surface area contributed by atoms with Gasteiger partial charge in [-0.15, -0.1) is 0 Å². The number of sulfonamides is 1. The minimum Gasteiger partial charge on any atom is -0.494 e. The minimum atomic E-state index is -3.52. The van der Waals surface area contributed by atoms with E-state index in [-0.39, 0.29) is 11.0 Å². The Bertz CT molecular complexity index is 1190. The van der Waals surface area contributed by atoms with Crippen LogP contribution in [0, 0.1) is 0 Å². The van der Waals surface area contributed by atoms with Crippen LogP contribution in [0.15, 0.2) is 44.9 Å². The highest BCUT2D eigenvalue weighted by atomic mass is 32.2. The van der Waals surface area contributed by atoms with E-state index in [1.54, 1.807) is 6.07 Å². The van der Waals surface area contributed by atoms with Gasteiger partial charge in [-0.05, 0) is 44.2 Å². The second-order valence-corrected chi connectivity index (χ2v) is 10.4. The van der Waals surface area contributed by atoms with Crippen LogP contribution >= 0.6 is 11.8 Å². The second-order valence-electron chi connectivity index (χ2n) is 7.32. The molecule has 7 nitrogen and oxygen atoms in total. The van der Waals surface area contributed by atoms with Crippen LogP contribution in [0.25, 0.3) is 11.1 Å². The first kappa shape index (κ1) is 21.0. The first-order chi connectivity index (χ1) is 14.3. The maximum atomic E-state index is 12.3. The van der Waals surface area contributed by atoms with Gasteiger partial charge in [-0.1, -0.05) is 11.8 Å². The van der Waals surface area contributed by atoms with E-state index in [1.807, 2.05) is 13.0 Å². The predicted molar refractivity (Wildman–Crippen MR) is 116 cm³/mol. The lowest BCUT2D eigenvalue weighted by Gasteiger charge is -2.11. The molecule has 0 radical (unpaired) electrons. The quantitative estimate of drug-likeness (QED) is 0.504. The Labute approximate surface area is 180 Å². The van der Waals surface area contributed by atoms with Crippen LogP contribution in [0.5, 0.6) is 11.5 Å². The number of thioether (sulfide) groups is 1. The number of rotatable bonds is 7. The zero-order valence-corrected chi connectivity index (χ0v) is 19.0. The van der Waals surface area contributed by atoms with E-state index in [1.165, 1.54) is 42.3 Å². The lowest BCUT2D eigenvalue weighted by Crippen LogP contribution is -2.22. The highest BCUT2D eigenvalue weighted by Gasteiger charge is 2.23. The fraction of sp³-hybridized carbons (Fsp3) is 0.381. The summed E-state index contributed by atoms with van der Waals surface area (Å²) in [5.74, 6) is 2.34. The second kappa shape index (κ2) is 8.13. The van der Waals surface area contributed by atoms with E-state index in [9.17, 15) is 8.42 Å². The van der Waals surface area contributed by atoms with Gasteiger partial charge in [-0.25, -0.2) is 17.7 Å². The number of oxazole rings is 1. The van der Waals surface area contributed by atoms with Crippen LogP contribution in [0.4, 0.5) is 0 Å². The van der Waals surface area contributed by atoms with Crippen molar-refractivity contribution < 1.29 is 22.3 Å². The Morgan fingerprint density at radius 1 is 1.27 bits per heavy atom. The molecule has 2 aromatic carbocycles. The van der Waals surface area contributed by atoms with E-state index in [2.05, 4.69) is 18.0 Å². The molecule has 3 aromatic rings. The molecule has 0 saturated carbocycles. The number of hydrogen-bond acceptors (Lipinski definition) is 7. The third kappa shape index (κ3) is 4.01. The van der Waals surface area contributed by atoms with Crippen molar-refractivity contribution in [1.82, 2.24) is 9.29 Å². The number of nitrogens with zero attached hydrogens (tertiary/aromatic N) is 2. The van der Waals surface area contributed by atoms with Crippen molar-refractivity contribution in [3.8, 4) is 11.5 Å². The van der Waals surface area contributed by atoms with Crippen LogP contribution in [0.3, 0.4) is 0 Å². The standard InChI is InChI=1S/C21H24N2O5S2/c1-5-26-19-9-14-8-13(2)27-20(14)10-15(19)12-29-21-22-17-11-16(6-7-18(17)28-21)30(24,25)23(3)4/h6-7,9-11,13H,5,8,12H2,1-4H3. The molecule has 0 fully saturated rings. The number of benzene rings is 2. The molecule has 9 heteroatoms. The fourth-order valence-corrected chi connectivity index (χ4v) is 5.08. The fourth-order valence-electron chi connectivity index (χ4n) is 3.34. The normalized spacial score (nSPS) is 16.1. The SMILES string of the molecule is CCOc1cc2c(cc1CSc1nc3cc(S(=O)(=O)N(C)C)ccc3o1)OC(C)C2. The molecule has 1 aromatic heterocycles. The zero-order chi connectivity index (χ0) is 21.5. The van der Waals surface area contributed by atoms with Crippen molar-refractivity contribution in [3.05, 3.63) is 41.5 Å². The molecular formula is C21H24N2O5S2. The molecule has 0 aliphatic carbocycles. The summed E-state index contributed by atoms with van der Waals surface area (Å²) in [6, 6.07) is 8.79. The van der Waals surface area contributed by atoms with E-state index in [0.717, 1.165) is 29.0 Å². The largest absolute Gasteiger partial charge is 0.494 e. The summed E-state index contributed by atoms with van der Waals surface area (Å²) in [4.78, 5) is 4.65. The van der Waals surface area contributed by atoms with Gasteiger partial charge in [-0.2, -0.15) is 0 Å². The van der Waals surface area contributed by atoms with Gasteiger partial charge in [0.2, 0.25) is 10.0 Å². The molecule has 2 heterocycles. The topological polar surface area (TPSA) is 81.9 Å². The lowest BCUT2D eigenvalue weighted by molar-refractivity contribution is 0.254. The average molecular weight is 449 g/mol.